The van der Waals surface area contributed by atoms with Crippen molar-refractivity contribution in [2.45, 2.75) is 51.3 Å². The third kappa shape index (κ3) is 1.91. The molecule has 2 heterocycles. The van der Waals surface area contributed by atoms with E-state index in [0.29, 0.717) is 12.5 Å². The summed E-state index contributed by atoms with van der Waals surface area (Å²) in [7, 11) is 0. The molecule has 0 aromatic rings. The van der Waals surface area contributed by atoms with Crippen molar-refractivity contribution in [1.82, 2.24) is 0 Å². The molecule has 2 fully saturated rings. The van der Waals surface area contributed by atoms with Crippen molar-refractivity contribution < 1.29 is 19.3 Å². The van der Waals surface area contributed by atoms with Crippen LogP contribution >= 0.6 is 0 Å². The van der Waals surface area contributed by atoms with Crippen LogP contribution in [0.1, 0.15) is 27.2 Å². The minimum Gasteiger partial charge on any atom is -0.394 e. The number of hydrogen-bond acceptors (Lipinski definition) is 4. The van der Waals surface area contributed by atoms with Gasteiger partial charge in [-0.25, -0.2) is 0 Å². The van der Waals surface area contributed by atoms with Crippen LogP contribution in [0.15, 0.2) is 0 Å². The number of aliphatic hydroxyl groups excluding tert-OH is 1. The predicted octanol–water partition coefficient (Wildman–Crippen LogP) is 0.924. The van der Waals surface area contributed by atoms with E-state index in [4.69, 9.17) is 14.2 Å². The molecule has 1 N–H and O–H groups in total. The first-order chi connectivity index (χ1) is 7.07. The van der Waals surface area contributed by atoms with E-state index in [-0.39, 0.29) is 24.9 Å². The van der Waals surface area contributed by atoms with Gasteiger partial charge in [0.05, 0.1) is 12.7 Å². The van der Waals surface area contributed by atoms with Gasteiger partial charge in [-0.05, 0) is 13.3 Å². The van der Waals surface area contributed by atoms with Crippen LogP contribution in [0, 0.1) is 5.92 Å². The van der Waals surface area contributed by atoms with Crippen LogP contribution in [-0.4, -0.2) is 42.4 Å². The Kier molecular flexibility index (Phi) is 3.03. The Morgan fingerprint density at radius 3 is 2.73 bits per heavy atom. The molecule has 0 saturated carbocycles. The first-order valence-electron chi connectivity index (χ1n) is 5.65. The molecule has 0 aromatic heterocycles. The second-order valence-corrected chi connectivity index (χ2v) is 4.79. The summed E-state index contributed by atoms with van der Waals surface area (Å²) in [5.74, 6) is -0.237. The van der Waals surface area contributed by atoms with Crippen LogP contribution in [-0.2, 0) is 14.2 Å². The Morgan fingerprint density at radius 1 is 1.40 bits per heavy atom. The quantitative estimate of drug-likeness (QED) is 0.745. The molecule has 88 valence electrons. The highest BCUT2D eigenvalue weighted by atomic mass is 16.8. The fraction of sp³-hybridized carbons (Fsp3) is 1.00. The monoisotopic (exact) mass is 216 g/mol. The molecule has 4 nitrogen and oxygen atoms in total. The van der Waals surface area contributed by atoms with Crippen molar-refractivity contribution in [2.24, 2.45) is 5.92 Å². The third-order valence-corrected chi connectivity index (χ3v) is 3.45. The Balaban J connectivity index is 2.10. The zero-order chi connectivity index (χ0) is 11.1. The van der Waals surface area contributed by atoms with Crippen molar-refractivity contribution >= 4 is 0 Å². The van der Waals surface area contributed by atoms with Gasteiger partial charge in [-0.2, -0.15) is 0 Å². The van der Waals surface area contributed by atoms with Gasteiger partial charge in [-0.1, -0.05) is 13.8 Å². The molecule has 1 unspecified atom stereocenters. The van der Waals surface area contributed by atoms with E-state index in [2.05, 4.69) is 13.8 Å². The molecule has 0 aliphatic carbocycles. The zero-order valence-electron chi connectivity index (χ0n) is 9.60. The molecule has 15 heavy (non-hydrogen) atoms. The summed E-state index contributed by atoms with van der Waals surface area (Å²) in [6.07, 6.45) is 0.576. The highest BCUT2D eigenvalue weighted by Crippen LogP contribution is 2.39. The summed E-state index contributed by atoms with van der Waals surface area (Å²) in [5.41, 5.74) is 0. The van der Waals surface area contributed by atoms with E-state index in [1.54, 1.807) is 0 Å². The first kappa shape index (κ1) is 11.3. The van der Waals surface area contributed by atoms with Crippen molar-refractivity contribution in [3.8, 4) is 0 Å². The average molecular weight is 216 g/mol. The zero-order valence-corrected chi connectivity index (χ0v) is 9.60. The number of rotatable bonds is 2. The van der Waals surface area contributed by atoms with Gasteiger partial charge in [-0.15, -0.1) is 0 Å². The smallest absolute Gasteiger partial charge is 0.168 e. The van der Waals surface area contributed by atoms with Crippen molar-refractivity contribution in [1.29, 1.82) is 0 Å². The Hall–Kier alpha value is -0.160. The number of fused-ring (bicyclic) bond motifs is 1. The summed E-state index contributed by atoms with van der Waals surface area (Å²) in [6, 6.07) is 0. The summed E-state index contributed by atoms with van der Waals surface area (Å²) < 4.78 is 17.3. The molecule has 0 amide bonds. The molecule has 2 aliphatic rings. The van der Waals surface area contributed by atoms with E-state index in [0.717, 1.165) is 6.42 Å². The Morgan fingerprint density at radius 2 is 2.13 bits per heavy atom. The van der Waals surface area contributed by atoms with E-state index >= 15 is 0 Å². The number of aliphatic hydroxyl groups is 1. The maximum Gasteiger partial charge on any atom is 0.168 e. The molecule has 2 aliphatic heterocycles. The normalized spacial score (nSPS) is 45.8. The Bertz CT molecular complexity index is 231. The fourth-order valence-corrected chi connectivity index (χ4v) is 2.14. The second kappa shape index (κ2) is 4.01. The molecule has 0 aromatic carbocycles. The van der Waals surface area contributed by atoms with E-state index in [1.165, 1.54) is 0 Å². The lowest BCUT2D eigenvalue weighted by Gasteiger charge is -2.30. The SMILES string of the molecule is CC(C)C1(C)O[C@H]2[C@@H](CO)OCC[C@H]2O1. The summed E-state index contributed by atoms with van der Waals surface area (Å²) >= 11 is 0. The third-order valence-electron chi connectivity index (χ3n) is 3.45. The first-order valence-corrected chi connectivity index (χ1v) is 5.65. The van der Waals surface area contributed by atoms with E-state index in [9.17, 15) is 5.11 Å². The second-order valence-electron chi connectivity index (χ2n) is 4.79. The van der Waals surface area contributed by atoms with Gasteiger partial charge in [0.2, 0.25) is 0 Å². The van der Waals surface area contributed by atoms with Gasteiger partial charge in [0.25, 0.3) is 0 Å². The lowest BCUT2D eigenvalue weighted by atomic mass is 10.0. The molecule has 2 rings (SSSR count). The minimum atomic E-state index is -0.531. The number of ether oxygens (including phenoxy) is 3. The van der Waals surface area contributed by atoms with Gasteiger partial charge in [0.1, 0.15) is 12.2 Å². The summed E-state index contributed by atoms with van der Waals surface area (Å²) in [5, 5.41) is 9.19. The molecule has 0 spiro atoms. The Labute approximate surface area is 90.5 Å². The summed E-state index contributed by atoms with van der Waals surface area (Å²) in [6.45, 7) is 6.76. The lowest BCUT2D eigenvalue weighted by Crippen LogP contribution is -2.44. The van der Waals surface area contributed by atoms with Gasteiger partial charge < -0.3 is 19.3 Å². The van der Waals surface area contributed by atoms with Gasteiger partial charge in [0.15, 0.2) is 5.79 Å². The van der Waals surface area contributed by atoms with Gasteiger partial charge in [-0.3, -0.25) is 0 Å². The molecule has 4 atom stereocenters. The maximum absolute atomic E-state index is 9.19. The van der Waals surface area contributed by atoms with Crippen LogP contribution in [0.3, 0.4) is 0 Å². The molecule has 4 heteroatoms. The minimum absolute atomic E-state index is 0.00129. The standard InChI is InChI=1S/C11H20O4/c1-7(2)11(3)14-8-4-5-13-9(6-12)10(8)15-11/h7-10,12H,4-6H2,1-3H3/t8-,9-,10-,11?/m1/s1. The van der Waals surface area contributed by atoms with Crippen LogP contribution < -0.4 is 0 Å². The topological polar surface area (TPSA) is 47.9 Å². The molecule has 0 radical (unpaired) electrons. The average Bonchev–Trinajstić information content (AvgIpc) is 2.55. The van der Waals surface area contributed by atoms with Crippen molar-refractivity contribution in [2.75, 3.05) is 13.2 Å². The largest absolute Gasteiger partial charge is 0.394 e. The molecule has 0 bridgehead atoms. The molecule has 2 saturated heterocycles. The van der Waals surface area contributed by atoms with Gasteiger partial charge in [0, 0.05) is 12.5 Å². The predicted molar refractivity (Wildman–Crippen MR) is 54.4 cm³/mol. The van der Waals surface area contributed by atoms with Crippen molar-refractivity contribution in [3.63, 3.8) is 0 Å². The van der Waals surface area contributed by atoms with Crippen LogP contribution in [0.4, 0.5) is 0 Å². The van der Waals surface area contributed by atoms with Gasteiger partial charge >= 0.3 is 0 Å². The molecular formula is C11H20O4. The van der Waals surface area contributed by atoms with Crippen LogP contribution in [0.2, 0.25) is 0 Å². The maximum atomic E-state index is 9.19. The molecular weight excluding hydrogens is 196 g/mol. The fourth-order valence-electron chi connectivity index (χ4n) is 2.14. The number of hydrogen-bond donors (Lipinski definition) is 1. The van der Waals surface area contributed by atoms with E-state index in [1.807, 2.05) is 6.92 Å². The van der Waals surface area contributed by atoms with Crippen molar-refractivity contribution in [3.05, 3.63) is 0 Å². The summed E-state index contributed by atoms with van der Waals surface area (Å²) in [4.78, 5) is 0. The van der Waals surface area contributed by atoms with Crippen LogP contribution in [0.5, 0.6) is 0 Å². The highest BCUT2D eigenvalue weighted by Gasteiger charge is 2.50. The van der Waals surface area contributed by atoms with E-state index < -0.39 is 5.79 Å². The highest BCUT2D eigenvalue weighted by molar-refractivity contribution is 4.92. The lowest BCUT2D eigenvalue weighted by molar-refractivity contribution is -0.196. The van der Waals surface area contributed by atoms with Crippen LogP contribution in [0.25, 0.3) is 0 Å².